The van der Waals surface area contributed by atoms with Crippen molar-refractivity contribution in [3.05, 3.63) is 39.7 Å². The summed E-state index contributed by atoms with van der Waals surface area (Å²) in [7, 11) is 0. The summed E-state index contributed by atoms with van der Waals surface area (Å²) in [4.78, 5) is 12.6. The molecule has 0 saturated carbocycles. The summed E-state index contributed by atoms with van der Waals surface area (Å²) in [6.45, 7) is 10.3. The first-order valence-corrected chi connectivity index (χ1v) is 7.50. The molecule has 1 aliphatic heterocycles. The highest BCUT2D eigenvalue weighted by Gasteiger charge is 2.32. The van der Waals surface area contributed by atoms with E-state index in [9.17, 15) is 4.79 Å². The van der Waals surface area contributed by atoms with E-state index in [1.54, 1.807) is 0 Å². The highest BCUT2D eigenvalue weighted by Crippen LogP contribution is 2.39. The van der Waals surface area contributed by atoms with E-state index in [1.807, 2.05) is 20.8 Å². The fraction of sp³-hybridized carbons (Fsp3) is 0.500. The van der Waals surface area contributed by atoms with Gasteiger partial charge in [-0.3, -0.25) is 4.79 Å². The minimum Gasteiger partial charge on any atom is -0.452 e. The van der Waals surface area contributed by atoms with Crippen LogP contribution < -0.4 is 4.74 Å². The van der Waals surface area contributed by atoms with Crippen molar-refractivity contribution < 1.29 is 9.53 Å². The van der Waals surface area contributed by atoms with E-state index < -0.39 is 0 Å². The molecule has 0 N–H and O–H groups in total. The molecule has 0 radical (unpaired) electrons. The highest BCUT2D eigenvalue weighted by atomic mass is 16.5. The maximum absolute atomic E-state index is 12.6. The number of ether oxygens (including phenoxy) is 1. The summed E-state index contributed by atoms with van der Waals surface area (Å²) in [5.74, 6) is 1.40. The van der Waals surface area contributed by atoms with Crippen LogP contribution in [0.5, 0.6) is 5.75 Å². The minimum atomic E-state index is 0.0644. The predicted octanol–water partition coefficient (Wildman–Crippen LogP) is 5.04. The number of Topliss-reactive ketones (excluding diaryl/α,β-unsaturated/α-hetero) is 1. The van der Waals surface area contributed by atoms with Crippen LogP contribution in [0.2, 0.25) is 0 Å². The van der Waals surface area contributed by atoms with Crippen molar-refractivity contribution >= 4 is 5.78 Å². The second-order valence-electron chi connectivity index (χ2n) is 5.84. The van der Waals surface area contributed by atoms with E-state index >= 15 is 0 Å². The number of rotatable bonds is 4. The monoisotopic (exact) mass is 272 g/mol. The molecule has 1 aromatic carbocycles. The first-order chi connectivity index (χ1) is 9.47. The van der Waals surface area contributed by atoms with E-state index in [1.165, 1.54) is 18.4 Å². The van der Waals surface area contributed by atoms with Gasteiger partial charge in [-0.1, -0.05) is 25.8 Å². The molecule has 0 atom stereocenters. The Morgan fingerprint density at radius 1 is 1.15 bits per heavy atom. The van der Waals surface area contributed by atoms with Crippen LogP contribution in [0.25, 0.3) is 0 Å². The van der Waals surface area contributed by atoms with Crippen molar-refractivity contribution in [1.29, 1.82) is 0 Å². The van der Waals surface area contributed by atoms with Crippen molar-refractivity contribution in [2.75, 3.05) is 0 Å². The third kappa shape index (κ3) is 2.52. The molecule has 20 heavy (non-hydrogen) atoms. The van der Waals surface area contributed by atoms with Gasteiger partial charge in [0.1, 0.15) is 5.75 Å². The molecule has 0 bridgehead atoms. The summed E-state index contributed by atoms with van der Waals surface area (Å²) in [5, 5.41) is 0. The van der Waals surface area contributed by atoms with Gasteiger partial charge in [0.25, 0.3) is 0 Å². The molecule has 1 aliphatic rings. The number of unbranched alkanes of at least 4 members (excludes halogenated alkanes) is 2. The average Bonchev–Trinajstić information content (AvgIpc) is 2.75. The maximum atomic E-state index is 12.6. The number of carbonyl (C=O) groups excluding carboxylic acids is 1. The second kappa shape index (κ2) is 5.82. The molecule has 0 spiro atoms. The molecule has 2 rings (SSSR count). The van der Waals surface area contributed by atoms with Gasteiger partial charge in [-0.15, -0.1) is 0 Å². The third-order valence-corrected chi connectivity index (χ3v) is 4.17. The molecule has 0 aliphatic carbocycles. The van der Waals surface area contributed by atoms with Gasteiger partial charge < -0.3 is 4.74 Å². The van der Waals surface area contributed by atoms with Crippen LogP contribution in [0.1, 0.15) is 66.6 Å². The first kappa shape index (κ1) is 14.8. The van der Waals surface area contributed by atoms with Crippen LogP contribution in [0.15, 0.2) is 17.4 Å². The lowest BCUT2D eigenvalue weighted by Crippen LogP contribution is -2.03. The standard InChI is InChI=1S/C18H24O2/c1-6-7-8-9-11(2)17-16(19)15-13(4)10-12(3)14(5)18(15)20-17/h10H,6-9H2,1-5H3/b17-11-. The number of allylic oxidation sites excluding steroid dienone is 2. The highest BCUT2D eigenvalue weighted by molar-refractivity contribution is 6.14. The van der Waals surface area contributed by atoms with Gasteiger partial charge in [0, 0.05) is 0 Å². The minimum absolute atomic E-state index is 0.0644. The van der Waals surface area contributed by atoms with Crippen LogP contribution in [0, 0.1) is 20.8 Å². The molecule has 2 nitrogen and oxygen atoms in total. The van der Waals surface area contributed by atoms with Gasteiger partial charge in [-0.2, -0.15) is 0 Å². The normalized spacial score (nSPS) is 16.1. The van der Waals surface area contributed by atoms with Crippen molar-refractivity contribution in [2.24, 2.45) is 0 Å². The molecule has 0 saturated heterocycles. The quantitative estimate of drug-likeness (QED) is 0.567. The smallest absolute Gasteiger partial charge is 0.232 e. The number of carbonyl (C=O) groups is 1. The van der Waals surface area contributed by atoms with Crippen LogP contribution >= 0.6 is 0 Å². The van der Waals surface area contributed by atoms with Crippen molar-refractivity contribution in [3.8, 4) is 5.75 Å². The molecular weight excluding hydrogens is 248 g/mol. The lowest BCUT2D eigenvalue weighted by Gasteiger charge is -2.08. The summed E-state index contributed by atoms with van der Waals surface area (Å²) in [6.07, 6.45) is 4.45. The van der Waals surface area contributed by atoms with Crippen LogP contribution in [0.3, 0.4) is 0 Å². The SMILES string of the molecule is CCCCC/C(C)=C1\Oc2c(C)c(C)cc(C)c2C1=O. The zero-order valence-electron chi connectivity index (χ0n) is 13.2. The van der Waals surface area contributed by atoms with Gasteiger partial charge in [0.15, 0.2) is 5.76 Å². The van der Waals surface area contributed by atoms with Crippen molar-refractivity contribution in [1.82, 2.24) is 0 Å². The molecule has 0 fully saturated rings. The zero-order chi connectivity index (χ0) is 14.9. The van der Waals surface area contributed by atoms with E-state index in [4.69, 9.17) is 4.74 Å². The Bertz CT molecular complexity index is 580. The van der Waals surface area contributed by atoms with Crippen LogP contribution in [-0.4, -0.2) is 5.78 Å². The molecule has 0 aromatic heterocycles. The van der Waals surface area contributed by atoms with Crippen molar-refractivity contribution in [3.63, 3.8) is 0 Å². The van der Waals surface area contributed by atoms with Gasteiger partial charge >= 0.3 is 0 Å². The fourth-order valence-corrected chi connectivity index (χ4v) is 2.76. The zero-order valence-corrected chi connectivity index (χ0v) is 13.2. The Labute approximate surface area is 121 Å². The Kier molecular flexibility index (Phi) is 4.32. The number of aryl methyl sites for hydroxylation is 2. The predicted molar refractivity (Wildman–Crippen MR) is 82.5 cm³/mol. The van der Waals surface area contributed by atoms with Gasteiger partial charge in [0.05, 0.1) is 5.56 Å². The first-order valence-electron chi connectivity index (χ1n) is 7.50. The number of hydrogen-bond acceptors (Lipinski definition) is 2. The van der Waals surface area contributed by atoms with Crippen LogP contribution in [-0.2, 0) is 0 Å². The summed E-state index contributed by atoms with van der Waals surface area (Å²) in [5.41, 5.74) is 5.12. The Morgan fingerprint density at radius 3 is 2.50 bits per heavy atom. The molecule has 0 amide bonds. The Morgan fingerprint density at radius 2 is 1.85 bits per heavy atom. The maximum Gasteiger partial charge on any atom is 0.232 e. The van der Waals surface area contributed by atoms with Gasteiger partial charge in [0.2, 0.25) is 5.78 Å². The lowest BCUT2D eigenvalue weighted by atomic mass is 9.96. The topological polar surface area (TPSA) is 26.3 Å². The third-order valence-electron chi connectivity index (χ3n) is 4.17. The molecular formula is C18H24O2. The fourth-order valence-electron chi connectivity index (χ4n) is 2.76. The second-order valence-corrected chi connectivity index (χ2v) is 5.84. The molecule has 1 aromatic rings. The van der Waals surface area contributed by atoms with E-state index in [2.05, 4.69) is 19.9 Å². The summed E-state index contributed by atoms with van der Waals surface area (Å²) < 4.78 is 5.93. The molecule has 0 unspecified atom stereocenters. The van der Waals surface area contributed by atoms with E-state index in [0.717, 1.165) is 40.9 Å². The largest absolute Gasteiger partial charge is 0.452 e. The molecule has 108 valence electrons. The number of benzene rings is 1. The number of fused-ring (bicyclic) bond motifs is 1. The van der Waals surface area contributed by atoms with Crippen LogP contribution in [0.4, 0.5) is 0 Å². The molecule has 1 heterocycles. The summed E-state index contributed by atoms with van der Waals surface area (Å²) >= 11 is 0. The average molecular weight is 272 g/mol. The van der Waals surface area contributed by atoms with E-state index in [0.29, 0.717) is 5.76 Å². The number of hydrogen-bond donors (Lipinski definition) is 0. The van der Waals surface area contributed by atoms with Gasteiger partial charge in [-0.05, 0) is 62.8 Å². The van der Waals surface area contributed by atoms with Gasteiger partial charge in [-0.25, -0.2) is 0 Å². The number of ketones is 1. The van der Waals surface area contributed by atoms with Crippen molar-refractivity contribution in [2.45, 2.75) is 60.3 Å². The Balaban J connectivity index is 2.36. The lowest BCUT2D eigenvalue weighted by molar-refractivity contribution is 0.101. The Hall–Kier alpha value is -1.57. The molecule has 2 heteroatoms. The van der Waals surface area contributed by atoms with E-state index in [-0.39, 0.29) is 5.78 Å². The summed E-state index contributed by atoms with van der Waals surface area (Å²) in [6, 6.07) is 2.07.